The lowest BCUT2D eigenvalue weighted by molar-refractivity contribution is -0.142. The van der Waals surface area contributed by atoms with Crippen LogP contribution >= 0.6 is 31.9 Å². The largest absolute Gasteiger partial charge is 0.466 e. The molecule has 0 aliphatic heterocycles. The SMILES string of the molecule is CCOC(=O)CCNc1c(Br)cc(C)cc1Br. The normalized spacial score (nSPS) is 10.1. The molecule has 0 bridgehead atoms. The second-order valence-electron chi connectivity index (χ2n) is 3.59. The Hall–Kier alpha value is -0.550. The van der Waals surface area contributed by atoms with Crippen molar-refractivity contribution in [3.05, 3.63) is 26.6 Å². The van der Waals surface area contributed by atoms with E-state index in [2.05, 4.69) is 37.2 Å². The van der Waals surface area contributed by atoms with E-state index in [1.165, 1.54) is 5.56 Å². The number of carbonyl (C=O) groups excluding carboxylic acids is 1. The maximum atomic E-state index is 11.2. The molecule has 17 heavy (non-hydrogen) atoms. The Morgan fingerprint density at radius 3 is 2.47 bits per heavy atom. The third kappa shape index (κ3) is 4.68. The Labute approximate surface area is 118 Å². The lowest BCUT2D eigenvalue weighted by atomic mass is 10.2. The molecular formula is C12H15Br2NO2. The smallest absolute Gasteiger partial charge is 0.307 e. The second kappa shape index (κ2) is 7.01. The number of ether oxygens (including phenoxy) is 1. The topological polar surface area (TPSA) is 38.3 Å². The molecular weight excluding hydrogens is 350 g/mol. The number of aryl methyl sites for hydroxylation is 1. The van der Waals surface area contributed by atoms with Crippen molar-refractivity contribution in [3.63, 3.8) is 0 Å². The Bertz CT molecular complexity index is 384. The van der Waals surface area contributed by atoms with Gasteiger partial charge in [-0.1, -0.05) is 0 Å². The molecule has 1 rings (SSSR count). The van der Waals surface area contributed by atoms with Gasteiger partial charge in [0.1, 0.15) is 0 Å². The summed E-state index contributed by atoms with van der Waals surface area (Å²) in [6.07, 6.45) is 0.362. The fraction of sp³-hybridized carbons (Fsp3) is 0.417. The first-order valence-electron chi connectivity index (χ1n) is 5.39. The summed E-state index contributed by atoms with van der Waals surface area (Å²) < 4.78 is 6.82. The summed E-state index contributed by atoms with van der Waals surface area (Å²) in [5, 5.41) is 3.20. The molecule has 0 heterocycles. The molecule has 1 N–H and O–H groups in total. The fourth-order valence-electron chi connectivity index (χ4n) is 1.39. The van der Waals surface area contributed by atoms with E-state index in [-0.39, 0.29) is 5.97 Å². The minimum absolute atomic E-state index is 0.181. The lowest BCUT2D eigenvalue weighted by Crippen LogP contribution is -2.11. The van der Waals surface area contributed by atoms with Gasteiger partial charge >= 0.3 is 5.97 Å². The quantitative estimate of drug-likeness (QED) is 0.805. The molecule has 0 unspecified atom stereocenters. The van der Waals surface area contributed by atoms with Crippen molar-refractivity contribution < 1.29 is 9.53 Å². The van der Waals surface area contributed by atoms with Gasteiger partial charge < -0.3 is 10.1 Å². The minimum atomic E-state index is -0.181. The minimum Gasteiger partial charge on any atom is -0.466 e. The van der Waals surface area contributed by atoms with Gasteiger partial charge in [0.05, 0.1) is 18.7 Å². The third-order valence-electron chi connectivity index (χ3n) is 2.12. The average molecular weight is 365 g/mol. The molecule has 0 aromatic heterocycles. The van der Waals surface area contributed by atoms with Gasteiger partial charge in [0.25, 0.3) is 0 Å². The Morgan fingerprint density at radius 2 is 1.94 bits per heavy atom. The van der Waals surface area contributed by atoms with Crippen LogP contribution in [0.2, 0.25) is 0 Å². The first kappa shape index (κ1) is 14.5. The summed E-state index contributed by atoms with van der Waals surface area (Å²) in [5.41, 5.74) is 2.12. The number of benzene rings is 1. The van der Waals surface area contributed by atoms with E-state index in [1.54, 1.807) is 6.92 Å². The number of halogens is 2. The Kier molecular flexibility index (Phi) is 5.98. The van der Waals surface area contributed by atoms with E-state index >= 15 is 0 Å². The van der Waals surface area contributed by atoms with Crippen molar-refractivity contribution in [2.45, 2.75) is 20.3 Å². The van der Waals surface area contributed by atoms with Crippen LogP contribution in [0.3, 0.4) is 0 Å². The molecule has 0 fully saturated rings. The molecule has 5 heteroatoms. The van der Waals surface area contributed by atoms with Crippen molar-refractivity contribution in [2.75, 3.05) is 18.5 Å². The van der Waals surface area contributed by atoms with E-state index in [4.69, 9.17) is 4.74 Å². The van der Waals surface area contributed by atoms with Gasteiger partial charge in [-0.3, -0.25) is 4.79 Å². The van der Waals surface area contributed by atoms with Crippen molar-refractivity contribution in [1.82, 2.24) is 0 Å². The lowest BCUT2D eigenvalue weighted by Gasteiger charge is -2.11. The van der Waals surface area contributed by atoms with E-state index in [1.807, 2.05) is 19.1 Å². The molecule has 1 aromatic carbocycles. The monoisotopic (exact) mass is 363 g/mol. The highest BCUT2D eigenvalue weighted by atomic mass is 79.9. The summed E-state index contributed by atoms with van der Waals surface area (Å²) >= 11 is 6.97. The molecule has 3 nitrogen and oxygen atoms in total. The molecule has 0 aliphatic rings. The zero-order valence-corrected chi connectivity index (χ0v) is 13.0. The van der Waals surface area contributed by atoms with E-state index in [0.717, 1.165) is 14.6 Å². The van der Waals surface area contributed by atoms with Gasteiger partial charge in [-0.15, -0.1) is 0 Å². The number of carbonyl (C=O) groups is 1. The van der Waals surface area contributed by atoms with E-state index in [9.17, 15) is 4.79 Å². The standard InChI is InChI=1S/C12H15Br2NO2/c1-3-17-11(16)4-5-15-12-9(13)6-8(2)7-10(12)14/h6-7,15H,3-5H2,1-2H3. The Balaban J connectivity index is 2.55. The summed E-state index contributed by atoms with van der Waals surface area (Å²) in [4.78, 5) is 11.2. The second-order valence-corrected chi connectivity index (χ2v) is 5.29. The predicted molar refractivity (Wildman–Crippen MR) is 76.3 cm³/mol. The van der Waals surface area contributed by atoms with Crippen LogP contribution < -0.4 is 5.32 Å². The highest BCUT2D eigenvalue weighted by Crippen LogP contribution is 2.32. The highest BCUT2D eigenvalue weighted by Gasteiger charge is 2.07. The molecule has 0 amide bonds. The van der Waals surface area contributed by atoms with Gasteiger partial charge in [-0.05, 0) is 63.4 Å². The maximum Gasteiger partial charge on any atom is 0.307 e. The van der Waals surface area contributed by atoms with Gasteiger partial charge in [0.15, 0.2) is 0 Å². The van der Waals surface area contributed by atoms with Gasteiger partial charge in [0, 0.05) is 15.5 Å². The molecule has 0 spiro atoms. The molecule has 94 valence electrons. The average Bonchev–Trinajstić information content (AvgIpc) is 2.22. The predicted octanol–water partition coefficient (Wildman–Crippen LogP) is 3.89. The maximum absolute atomic E-state index is 11.2. The van der Waals surface area contributed by atoms with Crippen molar-refractivity contribution in [1.29, 1.82) is 0 Å². The van der Waals surface area contributed by atoms with E-state index < -0.39 is 0 Å². The Morgan fingerprint density at radius 1 is 1.35 bits per heavy atom. The van der Waals surface area contributed by atoms with Crippen LogP contribution in [0.4, 0.5) is 5.69 Å². The molecule has 0 saturated heterocycles. The highest BCUT2D eigenvalue weighted by molar-refractivity contribution is 9.11. The van der Waals surface area contributed by atoms with Crippen LogP contribution in [0.1, 0.15) is 18.9 Å². The molecule has 0 atom stereocenters. The van der Waals surface area contributed by atoms with Crippen LogP contribution in [0.5, 0.6) is 0 Å². The molecule has 1 aromatic rings. The zero-order chi connectivity index (χ0) is 12.8. The van der Waals surface area contributed by atoms with Crippen molar-refractivity contribution >= 4 is 43.5 Å². The van der Waals surface area contributed by atoms with Crippen LogP contribution in [0, 0.1) is 6.92 Å². The summed E-state index contributed by atoms with van der Waals surface area (Å²) in [6.45, 7) is 4.81. The van der Waals surface area contributed by atoms with Crippen LogP contribution in [0.25, 0.3) is 0 Å². The van der Waals surface area contributed by atoms with Gasteiger partial charge in [-0.25, -0.2) is 0 Å². The number of hydrogen-bond acceptors (Lipinski definition) is 3. The molecule has 0 radical (unpaired) electrons. The van der Waals surface area contributed by atoms with E-state index in [0.29, 0.717) is 19.6 Å². The number of nitrogens with one attached hydrogen (secondary N) is 1. The van der Waals surface area contributed by atoms with Crippen LogP contribution in [-0.2, 0) is 9.53 Å². The zero-order valence-electron chi connectivity index (χ0n) is 9.85. The fourth-order valence-corrected chi connectivity index (χ4v) is 3.09. The first-order valence-corrected chi connectivity index (χ1v) is 6.98. The summed E-state index contributed by atoms with van der Waals surface area (Å²) in [7, 11) is 0. The summed E-state index contributed by atoms with van der Waals surface area (Å²) in [5.74, 6) is -0.181. The summed E-state index contributed by atoms with van der Waals surface area (Å²) in [6, 6.07) is 4.05. The van der Waals surface area contributed by atoms with Gasteiger partial charge in [-0.2, -0.15) is 0 Å². The number of hydrogen-bond donors (Lipinski definition) is 1. The third-order valence-corrected chi connectivity index (χ3v) is 3.37. The van der Waals surface area contributed by atoms with Crippen molar-refractivity contribution in [3.8, 4) is 0 Å². The first-order chi connectivity index (χ1) is 8.04. The number of esters is 1. The number of anilines is 1. The van der Waals surface area contributed by atoms with Crippen LogP contribution in [-0.4, -0.2) is 19.1 Å². The van der Waals surface area contributed by atoms with Crippen molar-refractivity contribution in [2.24, 2.45) is 0 Å². The molecule has 0 saturated carbocycles. The van der Waals surface area contributed by atoms with Crippen LogP contribution in [0.15, 0.2) is 21.1 Å². The van der Waals surface area contributed by atoms with Gasteiger partial charge in [0.2, 0.25) is 0 Å². The molecule has 0 aliphatic carbocycles. The number of rotatable bonds is 5.